The first-order valence-electron chi connectivity index (χ1n) is 2.09. The largest absolute Gasteiger partial charge is 0.319 e. The van der Waals surface area contributed by atoms with Gasteiger partial charge < -0.3 is 4.57 Å². The summed E-state index contributed by atoms with van der Waals surface area (Å²) in [7, 11) is 1.72. The molecule has 0 saturated carbocycles. The van der Waals surface area contributed by atoms with Crippen LogP contribution in [0.1, 0.15) is 0 Å². The van der Waals surface area contributed by atoms with Gasteiger partial charge in [0.15, 0.2) is 0 Å². The minimum absolute atomic E-state index is 0.0556. The second kappa shape index (κ2) is 1.30. The van der Waals surface area contributed by atoms with Gasteiger partial charge in [-0.2, -0.15) is 0 Å². The second-order valence-corrected chi connectivity index (χ2v) is 1.46. The van der Waals surface area contributed by atoms with Gasteiger partial charge in [-0.15, -0.1) is 0 Å². The molecule has 0 N–H and O–H groups in total. The van der Waals surface area contributed by atoms with E-state index in [0.29, 0.717) is 0 Å². The zero-order valence-electron chi connectivity index (χ0n) is 4.09. The summed E-state index contributed by atoms with van der Waals surface area (Å²) in [6, 6.07) is 3.25. The molecule has 1 radical (unpaired) electrons. The molecule has 0 fully saturated rings. The number of aromatic nitrogens is 1. The predicted molar refractivity (Wildman–Crippen MR) is 25.5 cm³/mol. The van der Waals surface area contributed by atoms with Crippen LogP contribution < -0.4 is 0 Å². The Morgan fingerprint density at radius 3 is 2.57 bits per heavy atom. The van der Waals surface area contributed by atoms with Gasteiger partial charge in [0.1, 0.15) is 0 Å². The molecule has 0 aromatic carbocycles. The van der Waals surface area contributed by atoms with Gasteiger partial charge in [-0.3, -0.25) is 5.11 Å². The Balaban J connectivity index is 3.12. The summed E-state index contributed by atoms with van der Waals surface area (Å²) in [5.74, 6) is 0.0556. The van der Waals surface area contributed by atoms with Crippen LogP contribution in [0.15, 0.2) is 18.3 Å². The maximum absolute atomic E-state index is 10.4. The molecule has 0 spiro atoms. The lowest BCUT2D eigenvalue weighted by Crippen LogP contribution is -1.78. The molecule has 0 atom stereocenters. The minimum Gasteiger partial charge on any atom is -0.319 e. The number of rotatable bonds is 0. The van der Waals surface area contributed by atoms with Crippen molar-refractivity contribution in [2.24, 2.45) is 7.05 Å². The van der Waals surface area contributed by atoms with E-state index >= 15 is 0 Å². The lowest BCUT2D eigenvalue weighted by molar-refractivity contribution is 0.323. The van der Waals surface area contributed by atoms with Gasteiger partial charge in [0.2, 0.25) is 5.88 Å². The fourth-order valence-corrected chi connectivity index (χ4v) is 0.445. The lowest BCUT2D eigenvalue weighted by atomic mass is 10.7. The highest BCUT2D eigenvalue weighted by Crippen LogP contribution is 2.05. The van der Waals surface area contributed by atoms with Crippen LogP contribution in [0.4, 0.5) is 0 Å². The average molecular weight is 96.1 g/mol. The van der Waals surface area contributed by atoms with Gasteiger partial charge in [-0.05, 0) is 6.07 Å². The number of nitrogens with zero attached hydrogens (tertiary/aromatic N) is 1. The second-order valence-electron chi connectivity index (χ2n) is 1.46. The lowest BCUT2D eigenvalue weighted by Gasteiger charge is -1.84. The van der Waals surface area contributed by atoms with Gasteiger partial charge in [-0.25, -0.2) is 0 Å². The van der Waals surface area contributed by atoms with Crippen molar-refractivity contribution in [2.75, 3.05) is 0 Å². The molecule has 7 heavy (non-hydrogen) atoms. The molecule has 0 unspecified atom stereocenters. The molecule has 1 aromatic heterocycles. The Morgan fingerprint density at radius 1 is 1.71 bits per heavy atom. The molecule has 0 aliphatic heterocycles. The Morgan fingerprint density at radius 2 is 2.43 bits per heavy atom. The first-order valence-corrected chi connectivity index (χ1v) is 2.09. The van der Waals surface area contributed by atoms with Crippen molar-refractivity contribution in [1.82, 2.24) is 4.57 Å². The monoisotopic (exact) mass is 96.0 g/mol. The molecule has 0 aliphatic rings. The van der Waals surface area contributed by atoms with Crippen molar-refractivity contribution >= 4 is 0 Å². The normalized spacial score (nSPS) is 9.29. The highest BCUT2D eigenvalue weighted by Gasteiger charge is 1.88. The fraction of sp³-hybridized carbons (Fsp3) is 0.200. The first kappa shape index (κ1) is 4.24. The Kier molecular flexibility index (Phi) is 0.785. The van der Waals surface area contributed by atoms with Gasteiger partial charge in [0.05, 0.1) is 0 Å². The zero-order valence-corrected chi connectivity index (χ0v) is 4.09. The molecule has 0 amide bonds. The molecular weight excluding hydrogens is 90.1 g/mol. The van der Waals surface area contributed by atoms with Crippen LogP contribution in [-0.2, 0) is 12.2 Å². The van der Waals surface area contributed by atoms with E-state index in [0.717, 1.165) is 0 Å². The van der Waals surface area contributed by atoms with Crippen LogP contribution >= 0.6 is 0 Å². The first-order chi connectivity index (χ1) is 3.30. The summed E-state index contributed by atoms with van der Waals surface area (Å²) < 4.78 is 1.53. The van der Waals surface area contributed by atoms with Crippen LogP contribution in [0.5, 0.6) is 5.88 Å². The summed E-state index contributed by atoms with van der Waals surface area (Å²) in [5.41, 5.74) is 0. The molecule has 1 rings (SSSR count). The number of hydrogen-bond donors (Lipinski definition) is 0. The quantitative estimate of drug-likeness (QED) is 0.463. The van der Waals surface area contributed by atoms with Crippen molar-refractivity contribution in [1.29, 1.82) is 0 Å². The molecule has 2 nitrogen and oxygen atoms in total. The molecule has 1 aromatic rings. The molecular formula is C5H6NO. The van der Waals surface area contributed by atoms with E-state index in [2.05, 4.69) is 0 Å². The van der Waals surface area contributed by atoms with Gasteiger partial charge in [0.25, 0.3) is 0 Å². The highest BCUT2D eigenvalue weighted by atomic mass is 16.3. The van der Waals surface area contributed by atoms with Crippen molar-refractivity contribution < 1.29 is 5.11 Å². The topological polar surface area (TPSA) is 24.8 Å². The highest BCUT2D eigenvalue weighted by molar-refractivity contribution is 5.09. The molecule has 0 bridgehead atoms. The van der Waals surface area contributed by atoms with E-state index in [1.807, 2.05) is 0 Å². The SMILES string of the molecule is Cn1cccc1[O]. The summed E-state index contributed by atoms with van der Waals surface area (Å²) in [6.45, 7) is 0. The van der Waals surface area contributed by atoms with Crippen LogP contribution in [0.25, 0.3) is 0 Å². The van der Waals surface area contributed by atoms with E-state index in [1.54, 1.807) is 19.3 Å². The van der Waals surface area contributed by atoms with Crippen molar-refractivity contribution in [2.45, 2.75) is 0 Å². The van der Waals surface area contributed by atoms with E-state index in [4.69, 9.17) is 0 Å². The minimum atomic E-state index is 0.0556. The van der Waals surface area contributed by atoms with Crippen LogP contribution in [-0.4, -0.2) is 4.57 Å². The fourth-order valence-electron chi connectivity index (χ4n) is 0.445. The van der Waals surface area contributed by atoms with Gasteiger partial charge in [-0.1, -0.05) is 0 Å². The van der Waals surface area contributed by atoms with E-state index < -0.39 is 0 Å². The van der Waals surface area contributed by atoms with Gasteiger partial charge in [0, 0.05) is 19.3 Å². The number of aryl methyl sites for hydroxylation is 1. The Labute approximate surface area is 42.0 Å². The predicted octanol–water partition coefficient (Wildman–Crippen LogP) is 1.17. The molecule has 0 saturated heterocycles. The Bertz CT molecular complexity index is 140. The zero-order chi connectivity index (χ0) is 5.28. The third-order valence-electron chi connectivity index (χ3n) is 0.896. The third kappa shape index (κ3) is 0.585. The average Bonchev–Trinajstić information content (AvgIpc) is 1.91. The third-order valence-corrected chi connectivity index (χ3v) is 0.896. The van der Waals surface area contributed by atoms with Crippen LogP contribution in [0.3, 0.4) is 0 Å². The Hall–Kier alpha value is -0.920. The van der Waals surface area contributed by atoms with E-state index in [9.17, 15) is 5.11 Å². The standard InChI is InChI=1S/C5H6NO/c1-6-4-2-3-5(6)7/h2-4H,1H3. The van der Waals surface area contributed by atoms with Gasteiger partial charge >= 0.3 is 0 Å². The summed E-state index contributed by atoms with van der Waals surface area (Å²) in [5, 5.41) is 10.4. The van der Waals surface area contributed by atoms with Crippen LogP contribution in [0, 0.1) is 0 Å². The molecule has 0 aliphatic carbocycles. The summed E-state index contributed by atoms with van der Waals surface area (Å²) in [6.07, 6.45) is 1.72. The molecule has 1 heterocycles. The van der Waals surface area contributed by atoms with Crippen molar-refractivity contribution in [3.8, 4) is 5.88 Å². The van der Waals surface area contributed by atoms with Crippen LogP contribution in [0.2, 0.25) is 0 Å². The van der Waals surface area contributed by atoms with E-state index in [-0.39, 0.29) is 5.88 Å². The maximum atomic E-state index is 10.4. The summed E-state index contributed by atoms with van der Waals surface area (Å²) >= 11 is 0. The van der Waals surface area contributed by atoms with Crippen molar-refractivity contribution in [3.63, 3.8) is 0 Å². The van der Waals surface area contributed by atoms with E-state index in [1.165, 1.54) is 10.6 Å². The smallest absolute Gasteiger partial charge is 0.250 e. The summed E-state index contributed by atoms with van der Waals surface area (Å²) in [4.78, 5) is 0. The van der Waals surface area contributed by atoms with Crippen molar-refractivity contribution in [3.05, 3.63) is 18.3 Å². The number of hydrogen-bond acceptors (Lipinski definition) is 0. The molecule has 2 heteroatoms. The molecule has 37 valence electrons. The maximum Gasteiger partial charge on any atom is 0.250 e.